The first-order valence-electron chi connectivity index (χ1n) is 4.95. The van der Waals surface area contributed by atoms with Crippen LogP contribution in [0.25, 0.3) is 0 Å². The Morgan fingerprint density at radius 2 is 1.87 bits per heavy atom. The summed E-state index contributed by atoms with van der Waals surface area (Å²) in [5.74, 6) is -0.158. The second-order valence-corrected chi connectivity index (χ2v) is 4.36. The Morgan fingerprint density at radius 3 is 2.33 bits per heavy atom. The van der Waals surface area contributed by atoms with Crippen molar-refractivity contribution in [1.29, 1.82) is 0 Å². The highest BCUT2D eigenvalue weighted by Gasteiger charge is 2.19. The van der Waals surface area contributed by atoms with E-state index < -0.39 is 5.54 Å². The van der Waals surface area contributed by atoms with Crippen molar-refractivity contribution in [2.24, 2.45) is 0 Å². The lowest BCUT2D eigenvalue weighted by molar-refractivity contribution is 0.0869. The molecule has 0 unspecified atom stereocenters. The summed E-state index contributed by atoms with van der Waals surface area (Å²) >= 11 is 0. The molecule has 0 atom stereocenters. The standard InChI is InChI=1S/C12H17NO2/c1-9-4-6-10(7-5-9)11(15)13-12(2,3)8-14/h4-7,14H,8H2,1-3H3,(H,13,15). The highest BCUT2D eigenvalue weighted by atomic mass is 16.3. The normalized spacial score (nSPS) is 11.2. The molecule has 0 spiro atoms. The molecule has 2 N–H and O–H groups in total. The topological polar surface area (TPSA) is 49.3 Å². The molecular weight excluding hydrogens is 190 g/mol. The van der Waals surface area contributed by atoms with Gasteiger partial charge in [-0.3, -0.25) is 4.79 Å². The molecule has 0 aliphatic carbocycles. The molecule has 0 saturated heterocycles. The van der Waals surface area contributed by atoms with Crippen LogP contribution in [0.3, 0.4) is 0 Å². The van der Waals surface area contributed by atoms with Crippen molar-refractivity contribution in [3.63, 3.8) is 0 Å². The molecule has 1 amide bonds. The van der Waals surface area contributed by atoms with E-state index in [0.717, 1.165) is 5.56 Å². The first-order valence-corrected chi connectivity index (χ1v) is 4.95. The number of aryl methyl sites for hydroxylation is 1. The van der Waals surface area contributed by atoms with Gasteiger partial charge in [0.05, 0.1) is 12.1 Å². The Kier molecular flexibility index (Phi) is 3.48. The average molecular weight is 207 g/mol. The van der Waals surface area contributed by atoms with Gasteiger partial charge in [-0.25, -0.2) is 0 Å². The van der Waals surface area contributed by atoms with E-state index in [1.165, 1.54) is 0 Å². The Hall–Kier alpha value is -1.35. The monoisotopic (exact) mass is 207 g/mol. The second kappa shape index (κ2) is 4.45. The fourth-order valence-electron chi connectivity index (χ4n) is 1.12. The fourth-order valence-corrected chi connectivity index (χ4v) is 1.12. The molecule has 3 heteroatoms. The fraction of sp³-hybridized carbons (Fsp3) is 0.417. The van der Waals surface area contributed by atoms with Crippen LogP contribution in [0, 0.1) is 6.92 Å². The predicted molar refractivity (Wildman–Crippen MR) is 59.8 cm³/mol. The summed E-state index contributed by atoms with van der Waals surface area (Å²) in [5.41, 5.74) is 1.15. The lowest BCUT2D eigenvalue weighted by Gasteiger charge is -2.23. The van der Waals surface area contributed by atoms with Gasteiger partial charge >= 0.3 is 0 Å². The first-order chi connectivity index (χ1) is 6.94. The molecule has 1 aromatic carbocycles. The van der Waals surface area contributed by atoms with E-state index in [2.05, 4.69) is 5.32 Å². The van der Waals surface area contributed by atoms with Crippen LogP contribution in [0.1, 0.15) is 29.8 Å². The van der Waals surface area contributed by atoms with E-state index in [0.29, 0.717) is 5.56 Å². The molecule has 1 rings (SSSR count). The molecule has 0 bridgehead atoms. The Bertz CT molecular complexity index is 341. The molecule has 82 valence electrons. The van der Waals surface area contributed by atoms with Crippen molar-refractivity contribution in [3.8, 4) is 0 Å². The highest BCUT2D eigenvalue weighted by molar-refractivity contribution is 5.94. The number of hydrogen-bond donors (Lipinski definition) is 2. The number of amides is 1. The van der Waals surface area contributed by atoms with Crippen molar-refractivity contribution < 1.29 is 9.90 Å². The van der Waals surface area contributed by atoms with Crippen LogP contribution in [0.4, 0.5) is 0 Å². The quantitative estimate of drug-likeness (QED) is 0.789. The average Bonchev–Trinajstić information content (AvgIpc) is 2.18. The van der Waals surface area contributed by atoms with Crippen LogP contribution in [-0.4, -0.2) is 23.2 Å². The highest BCUT2D eigenvalue weighted by Crippen LogP contribution is 2.06. The molecule has 0 saturated carbocycles. The smallest absolute Gasteiger partial charge is 0.251 e. The van der Waals surface area contributed by atoms with E-state index in [1.807, 2.05) is 19.1 Å². The van der Waals surface area contributed by atoms with Gasteiger partial charge in [-0.1, -0.05) is 17.7 Å². The van der Waals surface area contributed by atoms with E-state index in [4.69, 9.17) is 5.11 Å². The summed E-state index contributed by atoms with van der Waals surface area (Å²) in [5, 5.41) is 11.8. The predicted octanol–water partition coefficient (Wildman–Crippen LogP) is 1.50. The number of carbonyl (C=O) groups excluding carboxylic acids is 1. The summed E-state index contributed by atoms with van der Waals surface area (Å²) in [7, 11) is 0. The molecular formula is C12H17NO2. The number of benzene rings is 1. The van der Waals surface area contributed by atoms with Gasteiger partial charge in [-0.15, -0.1) is 0 Å². The molecule has 0 aromatic heterocycles. The van der Waals surface area contributed by atoms with Gasteiger partial charge in [0.2, 0.25) is 0 Å². The minimum Gasteiger partial charge on any atom is -0.394 e. The maximum atomic E-state index is 11.7. The molecule has 0 radical (unpaired) electrons. The van der Waals surface area contributed by atoms with E-state index >= 15 is 0 Å². The molecule has 0 fully saturated rings. The van der Waals surface area contributed by atoms with Crippen LogP contribution in [0.5, 0.6) is 0 Å². The van der Waals surface area contributed by atoms with Crippen LogP contribution in [0.2, 0.25) is 0 Å². The number of rotatable bonds is 3. The number of carbonyl (C=O) groups is 1. The van der Waals surface area contributed by atoms with Gasteiger partial charge < -0.3 is 10.4 Å². The third-order valence-corrected chi connectivity index (χ3v) is 2.16. The maximum Gasteiger partial charge on any atom is 0.251 e. The van der Waals surface area contributed by atoms with Gasteiger partial charge in [0.15, 0.2) is 0 Å². The minimum absolute atomic E-state index is 0.0788. The Morgan fingerprint density at radius 1 is 1.33 bits per heavy atom. The van der Waals surface area contributed by atoms with Crippen LogP contribution >= 0.6 is 0 Å². The van der Waals surface area contributed by atoms with Crippen LogP contribution < -0.4 is 5.32 Å². The molecule has 1 aromatic rings. The number of aliphatic hydroxyl groups is 1. The zero-order chi connectivity index (χ0) is 11.5. The Labute approximate surface area is 90.1 Å². The largest absolute Gasteiger partial charge is 0.394 e. The van der Waals surface area contributed by atoms with Crippen molar-refractivity contribution in [1.82, 2.24) is 5.32 Å². The van der Waals surface area contributed by atoms with Gasteiger partial charge in [0.25, 0.3) is 5.91 Å². The van der Waals surface area contributed by atoms with Crippen LogP contribution in [0.15, 0.2) is 24.3 Å². The van der Waals surface area contributed by atoms with E-state index in [-0.39, 0.29) is 12.5 Å². The summed E-state index contributed by atoms with van der Waals surface area (Å²) in [4.78, 5) is 11.7. The van der Waals surface area contributed by atoms with Gasteiger partial charge in [-0.2, -0.15) is 0 Å². The lowest BCUT2D eigenvalue weighted by atomic mass is 10.1. The minimum atomic E-state index is -0.581. The molecule has 3 nitrogen and oxygen atoms in total. The Balaban J connectivity index is 2.74. The molecule has 0 aliphatic rings. The van der Waals surface area contributed by atoms with Crippen molar-refractivity contribution in [3.05, 3.63) is 35.4 Å². The zero-order valence-corrected chi connectivity index (χ0v) is 9.37. The third kappa shape index (κ3) is 3.36. The molecule has 15 heavy (non-hydrogen) atoms. The van der Waals surface area contributed by atoms with Crippen molar-refractivity contribution >= 4 is 5.91 Å². The molecule has 0 aliphatic heterocycles. The number of hydrogen-bond acceptors (Lipinski definition) is 2. The van der Waals surface area contributed by atoms with Crippen molar-refractivity contribution in [2.75, 3.05) is 6.61 Å². The SMILES string of the molecule is Cc1ccc(C(=O)NC(C)(C)CO)cc1. The summed E-state index contributed by atoms with van der Waals surface area (Å²) in [6.07, 6.45) is 0. The van der Waals surface area contributed by atoms with Gasteiger partial charge in [0, 0.05) is 5.56 Å². The summed E-state index contributed by atoms with van der Waals surface area (Å²) < 4.78 is 0. The molecule has 0 heterocycles. The van der Waals surface area contributed by atoms with Crippen molar-refractivity contribution in [2.45, 2.75) is 26.3 Å². The lowest BCUT2D eigenvalue weighted by Crippen LogP contribution is -2.46. The number of nitrogens with one attached hydrogen (secondary N) is 1. The third-order valence-electron chi connectivity index (χ3n) is 2.16. The zero-order valence-electron chi connectivity index (χ0n) is 9.37. The summed E-state index contributed by atoms with van der Waals surface area (Å²) in [6.45, 7) is 5.45. The second-order valence-electron chi connectivity index (χ2n) is 4.36. The van der Waals surface area contributed by atoms with Gasteiger partial charge in [0.1, 0.15) is 0 Å². The van der Waals surface area contributed by atoms with Crippen LogP contribution in [-0.2, 0) is 0 Å². The van der Waals surface area contributed by atoms with E-state index in [9.17, 15) is 4.79 Å². The summed E-state index contributed by atoms with van der Waals surface area (Å²) in [6, 6.07) is 7.33. The number of aliphatic hydroxyl groups excluding tert-OH is 1. The van der Waals surface area contributed by atoms with E-state index in [1.54, 1.807) is 26.0 Å². The van der Waals surface area contributed by atoms with Gasteiger partial charge in [-0.05, 0) is 32.9 Å². The maximum absolute atomic E-state index is 11.7. The first kappa shape index (κ1) is 11.7.